The highest BCUT2D eigenvalue weighted by Gasteiger charge is 2.68. The van der Waals surface area contributed by atoms with Crippen molar-refractivity contribution in [1.82, 2.24) is 0 Å². The van der Waals surface area contributed by atoms with E-state index in [0.29, 0.717) is 0 Å². The van der Waals surface area contributed by atoms with Gasteiger partial charge in [0.25, 0.3) is 0 Å². The third kappa shape index (κ3) is 1.73. The van der Waals surface area contributed by atoms with Crippen molar-refractivity contribution in [3.05, 3.63) is 0 Å². The van der Waals surface area contributed by atoms with Gasteiger partial charge in [0.15, 0.2) is 0 Å². The summed E-state index contributed by atoms with van der Waals surface area (Å²) in [6.07, 6.45) is -1.38. The molecule has 0 atom stereocenters. The lowest BCUT2D eigenvalue weighted by Crippen LogP contribution is -2.41. The Hall–Kier alpha value is -0.160. The summed E-state index contributed by atoms with van der Waals surface area (Å²) >= 11 is 0. The first-order valence-electron chi connectivity index (χ1n) is 6.13. The number of hydrogen-bond donors (Lipinski definition) is 0. The Morgan fingerprint density at radius 1 is 0.412 bits per heavy atom. The van der Waals surface area contributed by atoms with E-state index in [0.717, 1.165) is 0 Å². The van der Waals surface area contributed by atoms with Crippen LogP contribution in [0.4, 0.5) is 0 Å². The van der Waals surface area contributed by atoms with Crippen LogP contribution in [0.5, 0.6) is 0 Å². The molecule has 0 unspecified atom stereocenters. The van der Waals surface area contributed by atoms with Gasteiger partial charge in [-0.1, -0.05) is 0 Å². The van der Waals surface area contributed by atoms with Crippen molar-refractivity contribution in [2.24, 2.45) is 0 Å². The van der Waals surface area contributed by atoms with Crippen LogP contribution in [0.1, 0.15) is 55.4 Å². The van der Waals surface area contributed by atoms with Crippen LogP contribution in [0.3, 0.4) is 0 Å². The Labute approximate surface area is 104 Å². The first-order chi connectivity index (χ1) is 7.33. The summed E-state index contributed by atoms with van der Waals surface area (Å²) in [4.78, 5) is 0. The molecule has 2 fully saturated rings. The van der Waals surface area contributed by atoms with Crippen LogP contribution in [-0.4, -0.2) is 28.6 Å². The highest BCUT2D eigenvalue weighted by atomic mass is 17.1. The molecule has 0 aliphatic carbocycles. The van der Waals surface area contributed by atoms with Gasteiger partial charge in [-0.3, -0.25) is 18.9 Å². The van der Waals surface area contributed by atoms with Crippen LogP contribution in [0.2, 0.25) is 0 Å². The molecule has 0 N–H and O–H groups in total. The van der Waals surface area contributed by atoms with Gasteiger partial charge in [0.05, 0.1) is 22.4 Å². The highest BCUT2D eigenvalue weighted by molar-refractivity contribution is 5.01. The lowest BCUT2D eigenvalue weighted by atomic mass is 9.90. The Morgan fingerprint density at radius 2 is 0.588 bits per heavy atom. The molecule has 2 saturated heterocycles. The molecule has 2 rings (SSSR count). The zero-order valence-electron chi connectivity index (χ0n) is 12.1. The van der Waals surface area contributed by atoms with Crippen molar-refractivity contribution < 1.29 is 18.9 Å². The third-order valence-electron chi connectivity index (χ3n) is 4.42. The second kappa shape index (κ2) is 3.05. The number of ether oxygens (including phenoxy) is 4. The average Bonchev–Trinajstić information content (AvgIpc) is 2.21. The molecule has 4 heteroatoms. The van der Waals surface area contributed by atoms with Gasteiger partial charge >= 0.3 is 6.16 Å². The van der Waals surface area contributed by atoms with Crippen molar-refractivity contribution in [3.63, 3.8) is 0 Å². The van der Waals surface area contributed by atoms with E-state index in [1.54, 1.807) is 0 Å². The van der Waals surface area contributed by atoms with E-state index in [1.807, 2.05) is 55.4 Å². The van der Waals surface area contributed by atoms with Crippen LogP contribution in [0.15, 0.2) is 0 Å². The first kappa shape index (κ1) is 13.3. The second-order valence-corrected chi connectivity index (χ2v) is 6.95. The molecule has 0 saturated carbocycles. The predicted molar refractivity (Wildman–Crippen MR) is 63.4 cm³/mol. The molecule has 2 heterocycles. The molecule has 0 radical (unpaired) electrons. The monoisotopic (exact) mass is 244 g/mol. The Balaban J connectivity index is 2.33. The Bertz CT molecular complexity index is 272. The van der Waals surface area contributed by atoms with Gasteiger partial charge in [-0.15, -0.1) is 0 Å². The molecule has 4 nitrogen and oxygen atoms in total. The zero-order chi connectivity index (χ0) is 13.3. The highest BCUT2D eigenvalue weighted by Crippen LogP contribution is 2.53. The van der Waals surface area contributed by atoms with Gasteiger partial charge in [-0.2, -0.15) is 0 Å². The molecular formula is C13H24O4. The van der Waals surface area contributed by atoms with E-state index in [-0.39, 0.29) is 0 Å². The van der Waals surface area contributed by atoms with E-state index >= 15 is 0 Å². The molecule has 17 heavy (non-hydrogen) atoms. The lowest BCUT2D eigenvalue weighted by molar-refractivity contribution is -0.453. The molecule has 0 aromatic carbocycles. The van der Waals surface area contributed by atoms with Crippen LogP contribution in [0.25, 0.3) is 0 Å². The molecule has 0 amide bonds. The summed E-state index contributed by atoms with van der Waals surface area (Å²) in [6, 6.07) is 0. The van der Waals surface area contributed by atoms with E-state index in [4.69, 9.17) is 18.9 Å². The van der Waals surface area contributed by atoms with Gasteiger partial charge in [-0.05, 0) is 55.4 Å². The minimum absolute atomic E-state index is 0.469. The fourth-order valence-electron chi connectivity index (χ4n) is 1.87. The fourth-order valence-corrected chi connectivity index (χ4v) is 1.87. The molecular weight excluding hydrogens is 220 g/mol. The van der Waals surface area contributed by atoms with Crippen molar-refractivity contribution in [1.29, 1.82) is 0 Å². The van der Waals surface area contributed by atoms with Crippen LogP contribution in [-0.2, 0) is 18.9 Å². The zero-order valence-corrected chi connectivity index (χ0v) is 12.1. The summed E-state index contributed by atoms with van der Waals surface area (Å²) < 4.78 is 23.7. The SMILES string of the molecule is CC1(C)OC2(OC1(C)C)OC(C)(C)C(C)(C)O2. The van der Waals surface area contributed by atoms with Crippen molar-refractivity contribution >= 4 is 0 Å². The van der Waals surface area contributed by atoms with Gasteiger partial charge in [0, 0.05) is 0 Å². The maximum absolute atomic E-state index is 5.92. The van der Waals surface area contributed by atoms with E-state index < -0.39 is 28.6 Å². The normalized spacial score (nSPS) is 35.3. The van der Waals surface area contributed by atoms with E-state index in [9.17, 15) is 0 Å². The first-order valence-corrected chi connectivity index (χ1v) is 6.13. The number of hydrogen-bond acceptors (Lipinski definition) is 4. The van der Waals surface area contributed by atoms with E-state index in [2.05, 4.69) is 0 Å². The second-order valence-electron chi connectivity index (χ2n) is 6.95. The molecule has 2 aliphatic rings. The summed E-state index contributed by atoms with van der Waals surface area (Å²) in [5.41, 5.74) is -1.87. The molecule has 0 bridgehead atoms. The standard InChI is InChI=1S/C13H24O4/c1-9(2)10(3,4)15-13(14-9)16-11(5,6)12(7,8)17-13/h1-8H3. The quantitative estimate of drug-likeness (QED) is 0.656. The maximum Gasteiger partial charge on any atom is 0.415 e. The third-order valence-corrected chi connectivity index (χ3v) is 4.42. The fraction of sp³-hybridized carbons (Fsp3) is 1.00. The van der Waals surface area contributed by atoms with Crippen molar-refractivity contribution in [3.8, 4) is 0 Å². The molecule has 2 aliphatic heterocycles. The van der Waals surface area contributed by atoms with Crippen LogP contribution in [0, 0.1) is 0 Å². The van der Waals surface area contributed by atoms with Gasteiger partial charge in [0.1, 0.15) is 0 Å². The van der Waals surface area contributed by atoms with E-state index in [1.165, 1.54) is 0 Å². The molecule has 1 spiro atoms. The smallest absolute Gasteiger partial charge is 0.294 e. The molecule has 0 aromatic rings. The lowest BCUT2D eigenvalue weighted by Gasteiger charge is -2.29. The van der Waals surface area contributed by atoms with Crippen LogP contribution < -0.4 is 0 Å². The summed E-state index contributed by atoms with van der Waals surface area (Å²) in [7, 11) is 0. The summed E-state index contributed by atoms with van der Waals surface area (Å²) in [6.45, 7) is 15.8. The average molecular weight is 244 g/mol. The summed E-state index contributed by atoms with van der Waals surface area (Å²) in [5.74, 6) is 0. The summed E-state index contributed by atoms with van der Waals surface area (Å²) in [5, 5.41) is 0. The van der Waals surface area contributed by atoms with Gasteiger partial charge in [-0.25, -0.2) is 0 Å². The molecule has 100 valence electrons. The largest absolute Gasteiger partial charge is 0.415 e. The Kier molecular flexibility index (Phi) is 2.38. The van der Waals surface area contributed by atoms with Crippen molar-refractivity contribution in [2.75, 3.05) is 0 Å². The van der Waals surface area contributed by atoms with Crippen LogP contribution >= 0.6 is 0 Å². The minimum atomic E-state index is -1.38. The predicted octanol–water partition coefficient (Wildman–Crippen LogP) is 2.81. The maximum atomic E-state index is 5.92. The van der Waals surface area contributed by atoms with Gasteiger partial charge < -0.3 is 0 Å². The van der Waals surface area contributed by atoms with Gasteiger partial charge in [0.2, 0.25) is 0 Å². The topological polar surface area (TPSA) is 36.9 Å². The minimum Gasteiger partial charge on any atom is -0.294 e. The Morgan fingerprint density at radius 3 is 0.765 bits per heavy atom. The number of rotatable bonds is 0. The van der Waals surface area contributed by atoms with Crippen molar-refractivity contribution in [2.45, 2.75) is 84.0 Å². The molecule has 0 aromatic heterocycles.